The van der Waals surface area contributed by atoms with Gasteiger partial charge < -0.3 is 0 Å². The third-order valence-electron chi connectivity index (χ3n) is 1.09. The number of hydrogen-bond donors (Lipinski definition) is 0. The Bertz CT molecular complexity index is 169. The van der Waals surface area contributed by atoms with Crippen LogP contribution in [-0.2, 0) is 14.5 Å². The second-order valence-electron chi connectivity index (χ2n) is 2.03. The molecule has 0 atom stereocenters. The molecule has 0 heterocycles. The van der Waals surface area contributed by atoms with Gasteiger partial charge in [0.25, 0.3) is 10.1 Å². The molecule has 0 spiro atoms. The molecule has 0 saturated carbocycles. The summed E-state index contributed by atoms with van der Waals surface area (Å²) < 4.78 is 34.4. The summed E-state index contributed by atoms with van der Waals surface area (Å²) in [5.41, 5.74) is 0. The third-order valence-corrected chi connectivity index (χ3v) is 2.07. The van der Waals surface area contributed by atoms with E-state index in [4.69, 9.17) is 0 Å². The predicted molar refractivity (Wildman–Crippen MR) is 41.3 cm³/mol. The zero-order valence-electron chi connectivity index (χ0n) is 6.84. The Morgan fingerprint density at radius 2 is 1.91 bits per heavy atom. The molecule has 0 unspecified atom stereocenters. The maximum atomic E-state index is 11.1. The minimum Gasteiger partial charge on any atom is -0.197 e. The van der Waals surface area contributed by atoms with Gasteiger partial charge in [0.05, 0.1) is 5.75 Å². The van der Waals surface area contributed by atoms with Crippen molar-refractivity contribution in [2.45, 2.75) is 26.2 Å². The van der Waals surface area contributed by atoms with Crippen LogP contribution in [0.2, 0.25) is 0 Å². The van der Waals surface area contributed by atoms with E-state index < -0.39 is 10.1 Å². The van der Waals surface area contributed by atoms with Crippen LogP contribution in [0.1, 0.15) is 26.2 Å². The number of halogens is 1. The van der Waals surface area contributed by atoms with E-state index in [1.165, 1.54) is 0 Å². The van der Waals surface area contributed by atoms with E-state index in [0.29, 0.717) is 6.42 Å². The zero-order chi connectivity index (χ0) is 8.04. The first-order valence-corrected chi connectivity index (χ1v) is 4.73. The Morgan fingerprint density at radius 3 is 2.27 bits per heavy atom. The van der Waals surface area contributed by atoms with Crippen molar-refractivity contribution in [3.63, 3.8) is 0 Å². The molecule has 0 aliphatic heterocycles. The van der Waals surface area contributed by atoms with E-state index >= 15 is 0 Å². The van der Waals surface area contributed by atoms with Crippen molar-refractivity contribution in [2.24, 2.45) is 0 Å². The predicted octanol–water partition coefficient (Wildman–Crippen LogP) is 1.03. The van der Waals surface area contributed by atoms with Crippen LogP contribution in [0.4, 0.5) is 4.53 Å². The number of hydrogen-bond acceptors (Lipinski definition) is 3. The molecular weight excluding hydrogens is 198 g/mol. The Balaban J connectivity index is 0. The fourth-order valence-electron chi connectivity index (χ4n) is 0.560. The minimum absolute atomic E-state index is 0. The Hall–Kier alpha value is 1.48. The largest absolute Gasteiger partial charge is 0.297 e. The summed E-state index contributed by atoms with van der Waals surface area (Å²) in [4.78, 5) is 0. The van der Waals surface area contributed by atoms with Gasteiger partial charge in [0.15, 0.2) is 0 Å². The topological polar surface area (TPSA) is 43.4 Å². The van der Waals surface area contributed by atoms with Crippen molar-refractivity contribution < 1.29 is 17.3 Å². The standard InChI is InChI=1S/C5H11FO3S.K/c1-2-3-4-5-10(7,8)9-6;/h2-5H2,1H3;. The average molecular weight is 209 g/mol. The molecule has 0 amide bonds. The molecule has 0 aliphatic rings. The van der Waals surface area contributed by atoms with E-state index in [2.05, 4.69) is 4.39 Å². The Kier molecular flexibility index (Phi) is 11.0. The monoisotopic (exact) mass is 209 g/mol. The molecule has 63 valence electrons. The molecule has 0 fully saturated rings. The van der Waals surface area contributed by atoms with Gasteiger partial charge in [-0.3, -0.25) is 0 Å². The molecule has 11 heavy (non-hydrogen) atoms. The molecule has 0 aliphatic carbocycles. The van der Waals surface area contributed by atoms with E-state index in [9.17, 15) is 12.9 Å². The summed E-state index contributed by atoms with van der Waals surface area (Å²) in [6, 6.07) is 0. The van der Waals surface area contributed by atoms with Crippen LogP contribution >= 0.6 is 0 Å². The SMILES string of the molecule is CCCCCS(=O)(=O)OF.[K]. The normalized spacial score (nSPS) is 10.7. The van der Waals surface area contributed by atoms with Crippen LogP contribution in [0.15, 0.2) is 0 Å². The molecular formula is C5H11FKO3S. The first kappa shape index (κ1) is 15.0. The van der Waals surface area contributed by atoms with Crippen molar-refractivity contribution >= 4 is 61.5 Å². The van der Waals surface area contributed by atoms with E-state index in [0.717, 1.165) is 12.8 Å². The molecule has 0 aromatic heterocycles. The van der Waals surface area contributed by atoms with Crippen LogP contribution < -0.4 is 0 Å². The average Bonchev–Trinajstić information content (AvgIpc) is 1.89. The molecule has 0 N–H and O–H groups in total. The van der Waals surface area contributed by atoms with Gasteiger partial charge in [-0.15, -0.1) is 0 Å². The maximum absolute atomic E-state index is 11.1. The summed E-state index contributed by atoms with van der Waals surface area (Å²) in [6.07, 6.45) is 2.15. The van der Waals surface area contributed by atoms with Gasteiger partial charge in [0.2, 0.25) is 0 Å². The fourth-order valence-corrected chi connectivity index (χ4v) is 1.18. The first-order valence-electron chi connectivity index (χ1n) is 3.15. The van der Waals surface area contributed by atoms with Crippen LogP contribution in [0.3, 0.4) is 0 Å². The van der Waals surface area contributed by atoms with Gasteiger partial charge in [-0.1, -0.05) is 24.2 Å². The van der Waals surface area contributed by atoms with Crippen molar-refractivity contribution in [1.82, 2.24) is 0 Å². The third kappa shape index (κ3) is 9.39. The second kappa shape index (κ2) is 8.09. The van der Waals surface area contributed by atoms with Crippen LogP contribution in [0.5, 0.6) is 0 Å². The van der Waals surface area contributed by atoms with Gasteiger partial charge in [-0.25, -0.2) is 0 Å². The van der Waals surface area contributed by atoms with Crippen LogP contribution in [-0.4, -0.2) is 65.6 Å². The molecule has 6 heteroatoms. The molecule has 0 aromatic rings. The Labute approximate surface area is 109 Å². The summed E-state index contributed by atoms with van der Waals surface area (Å²) in [5.74, 6) is -0.225. The van der Waals surface area contributed by atoms with Gasteiger partial charge in [-0.05, 0) is 10.9 Å². The van der Waals surface area contributed by atoms with Crippen molar-refractivity contribution in [1.29, 1.82) is 0 Å². The maximum Gasteiger partial charge on any atom is 0.297 e. The molecule has 0 aromatic carbocycles. The molecule has 0 rings (SSSR count). The number of rotatable bonds is 5. The van der Waals surface area contributed by atoms with E-state index in [1.807, 2.05) is 6.92 Å². The fraction of sp³-hybridized carbons (Fsp3) is 1.00. The van der Waals surface area contributed by atoms with Gasteiger partial charge >= 0.3 is 0 Å². The smallest absolute Gasteiger partial charge is 0.197 e. The van der Waals surface area contributed by atoms with Gasteiger partial charge in [-0.2, -0.15) is 8.42 Å². The molecule has 0 saturated heterocycles. The molecule has 0 bridgehead atoms. The van der Waals surface area contributed by atoms with Gasteiger partial charge in [0, 0.05) is 51.4 Å². The van der Waals surface area contributed by atoms with E-state index in [-0.39, 0.29) is 57.1 Å². The summed E-state index contributed by atoms with van der Waals surface area (Å²) >= 11 is 0. The second-order valence-corrected chi connectivity index (χ2v) is 3.68. The van der Waals surface area contributed by atoms with Crippen molar-refractivity contribution in [2.75, 3.05) is 5.75 Å². The van der Waals surface area contributed by atoms with E-state index in [1.54, 1.807) is 0 Å². The number of unbranched alkanes of at least 4 members (excludes halogenated alkanes) is 2. The van der Waals surface area contributed by atoms with Crippen LogP contribution in [0, 0.1) is 0 Å². The summed E-state index contributed by atoms with van der Waals surface area (Å²) in [5, 5.41) is 0. The van der Waals surface area contributed by atoms with Crippen LogP contribution in [0.25, 0.3) is 0 Å². The van der Waals surface area contributed by atoms with Gasteiger partial charge in [0.1, 0.15) is 0 Å². The summed E-state index contributed by atoms with van der Waals surface area (Å²) in [6.45, 7) is 1.93. The summed E-state index contributed by atoms with van der Waals surface area (Å²) in [7, 11) is -3.86. The zero-order valence-corrected chi connectivity index (χ0v) is 10.8. The van der Waals surface area contributed by atoms with Crippen molar-refractivity contribution in [3.8, 4) is 0 Å². The quantitative estimate of drug-likeness (QED) is 0.501. The first-order chi connectivity index (χ1) is 4.62. The molecule has 3 nitrogen and oxygen atoms in total. The minimum atomic E-state index is -3.86. The molecule has 1 radical (unpaired) electrons. The Morgan fingerprint density at radius 1 is 1.36 bits per heavy atom. The van der Waals surface area contributed by atoms with Crippen molar-refractivity contribution in [3.05, 3.63) is 0 Å².